The largest absolute Gasteiger partial charge is 0.476 e. The Hall–Kier alpha value is -0.940. The minimum Gasteiger partial charge on any atom is -0.476 e. The highest BCUT2D eigenvalue weighted by atomic mass is 32.1. The van der Waals surface area contributed by atoms with E-state index in [-0.39, 0.29) is 11.8 Å². The van der Waals surface area contributed by atoms with Gasteiger partial charge in [0.15, 0.2) is 5.69 Å². The maximum Gasteiger partial charge on any atom is 0.355 e. The van der Waals surface area contributed by atoms with Gasteiger partial charge in [-0.3, -0.25) is 0 Å². The zero-order chi connectivity index (χ0) is 10.8. The molecule has 0 spiro atoms. The number of hydrogen-bond donors (Lipinski definition) is 1. The standard InChI is InChI=1S/C10H13NO3S/c1-2-14-8(6-3-4-6)9-11-7(5-15-9)10(12)13/h5-6,8H,2-4H2,1H3,(H,12,13). The van der Waals surface area contributed by atoms with E-state index in [1.165, 1.54) is 11.3 Å². The van der Waals surface area contributed by atoms with Crippen molar-refractivity contribution < 1.29 is 14.6 Å². The predicted octanol–water partition coefficient (Wildman–Crippen LogP) is 2.33. The van der Waals surface area contributed by atoms with Gasteiger partial charge in [0, 0.05) is 12.0 Å². The highest BCUT2D eigenvalue weighted by Crippen LogP contribution is 2.44. The first-order valence-corrected chi connectivity index (χ1v) is 5.90. The van der Waals surface area contributed by atoms with Crippen molar-refractivity contribution in [3.8, 4) is 0 Å². The van der Waals surface area contributed by atoms with Gasteiger partial charge in [-0.2, -0.15) is 0 Å². The molecule has 1 unspecified atom stereocenters. The summed E-state index contributed by atoms with van der Waals surface area (Å²) in [5.41, 5.74) is 0.125. The molecule has 1 aromatic heterocycles. The van der Waals surface area contributed by atoms with Crippen LogP contribution in [-0.2, 0) is 4.74 Å². The van der Waals surface area contributed by atoms with Crippen LogP contribution in [0.5, 0.6) is 0 Å². The summed E-state index contributed by atoms with van der Waals surface area (Å²) >= 11 is 1.38. The van der Waals surface area contributed by atoms with Crippen molar-refractivity contribution in [2.75, 3.05) is 6.61 Å². The van der Waals surface area contributed by atoms with Crippen LogP contribution in [0.15, 0.2) is 5.38 Å². The number of thiazole rings is 1. The fraction of sp³-hybridized carbons (Fsp3) is 0.600. The van der Waals surface area contributed by atoms with Gasteiger partial charge in [0.2, 0.25) is 0 Å². The predicted molar refractivity (Wildman–Crippen MR) is 56.2 cm³/mol. The average molecular weight is 227 g/mol. The molecule has 1 fully saturated rings. The molecule has 15 heavy (non-hydrogen) atoms. The molecule has 2 rings (SSSR count). The molecule has 1 N–H and O–H groups in total. The van der Waals surface area contributed by atoms with E-state index in [9.17, 15) is 4.79 Å². The number of aromatic nitrogens is 1. The summed E-state index contributed by atoms with van der Waals surface area (Å²) < 4.78 is 5.60. The molecule has 1 atom stereocenters. The third kappa shape index (κ3) is 2.35. The lowest BCUT2D eigenvalue weighted by Gasteiger charge is -2.12. The van der Waals surface area contributed by atoms with Crippen molar-refractivity contribution in [2.24, 2.45) is 5.92 Å². The second-order valence-corrected chi connectivity index (χ2v) is 4.48. The molecule has 5 heteroatoms. The molecule has 0 radical (unpaired) electrons. The molecule has 1 aliphatic carbocycles. The van der Waals surface area contributed by atoms with Crippen LogP contribution in [0.1, 0.15) is 41.4 Å². The van der Waals surface area contributed by atoms with Crippen LogP contribution >= 0.6 is 11.3 Å². The van der Waals surface area contributed by atoms with Crippen LogP contribution in [0, 0.1) is 5.92 Å². The number of carbonyl (C=O) groups is 1. The number of hydrogen-bond acceptors (Lipinski definition) is 4. The van der Waals surface area contributed by atoms with Crippen LogP contribution in [0.25, 0.3) is 0 Å². The smallest absolute Gasteiger partial charge is 0.355 e. The first-order valence-electron chi connectivity index (χ1n) is 5.02. The van der Waals surface area contributed by atoms with Crippen LogP contribution in [0.3, 0.4) is 0 Å². The van der Waals surface area contributed by atoms with E-state index in [0.29, 0.717) is 12.5 Å². The topological polar surface area (TPSA) is 59.4 Å². The molecule has 0 aliphatic heterocycles. The molecule has 0 aromatic carbocycles. The minimum absolute atomic E-state index is 0.00750. The zero-order valence-electron chi connectivity index (χ0n) is 8.47. The minimum atomic E-state index is -0.969. The third-order valence-corrected chi connectivity index (χ3v) is 3.29. The number of ether oxygens (including phenoxy) is 1. The molecule has 4 nitrogen and oxygen atoms in total. The first-order chi connectivity index (χ1) is 7.22. The van der Waals surface area contributed by atoms with Gasteiger partial charge < -0.3 is 9.84 Å². The van der Waals surface area contributed by atoms with Gasteiger partial charge in [-0.1, -0.05) is 0 Å². The normalized spacial score (nSPS) is 17.7. The Balaban J connectivity index is 2.14. The number of carboxylic acids is 1. The molecule has 1 heterocycles. The van der Waals surface area contributed by atoms with E-state index >= 15 is 0 Å². The number of carboxylic acid groups (broad SMARTS) is 1. The second-order valence-electron chi connectivity index (χ2n) is 3.59. The Bertz CT molecular complexity index is 359. The summed E-state index contributed by atoms with van der Waals surface area (Å²) in [6.07, 6.45) is 2.33. The lowest BCUT2D eigenvalue weighted by Crippen LogP contribution is -2.07. The fourth-order valence-electron chi connectivity index (χ4n) is 1.50. The SMILES string of the molecule is CCOC(c1nc(C(=O)O)cs1)C1CC1. The lowest BCUT2D eigenvalue weighted by molar-refractivity contribution is 0.0459. The van der Waals surface area contributed by atoms with Crippen LogP contribution in [0.2, 0.25) is 0 Å². The van der Waals surface area contributed by atoms with E-state index in [1.54, 1.807) is 5.38 Å². The highest BCUT2D eigenvalue weighted by molar-refractivity contribution is 7.09. The molecule has 0 saturated heterocycles. The van der Waals surface area contributed by atoms with Crippen molar-refractivity contribution in [3.05, 3.63) is 16.1 Å². The van der Waals surface area contributed by atoms with Gasteiger partial charge in [-0.25, -0.2) is 9.78 Å². The summed E-state index contributed by atoms with van der Waals surface area (Å²) in [5, 5.41) is 11.1. The van der Waals surface area contributed by atoms with Gasteiger partial charge in [-0.15, -0.1) is 11.3 Å². The van der Waals surface area contributed by atoms with E-state index in [2.05, 4.69) is 4.98 Å². The molecule has 0 amide bonds. The Morgan fingerprint density at radius 2 is 2.53 bits per heavy atom. The average Bonchev–Trinajstić information content (AvgIpc) is 2.91. The van der Waals surface area contributed by atoms with Crippen LogP contribution in [-0.4, -0.2) is 22.7 Å². The van der Waals surface area contributed by atoms with Gasteiger partial charge in [0.05, 0.1) is 0 Å². The fourth-order valence-corrected chi connectivity index (χ4v) is 2.44. The third-order valence-electron chi connectivity index (χ3n) is 2.38. The van der Waals surface area contributed by atoms with Crippen LogP contribution < -0.4 is 0 Å². The van der Waals surface area contributed by atoms with Crippen molar-refractivity contribution >= 4 is 17.3 Å². The maximum absolute atomic E-state index is 10.7. The molecule has 1 aromatic rings. The summed E-state index contributed by atoms with van der Waals surface area (Å²) in [4.78, 5) is 14.8. The Morgan fingerprint density at radius 1 is 1.80 bits per heavy atom. The Morgan fingerprint density at radius 3 is 3.00 bits per heavy atom. The lowest BCUT2D eigenvalue weighted by atomic mass is 10.2. The molecule has 1 aliphatic rings. The molecule has 0 bridgehead atoms. The molecular formula is C10H13NO3S. The van der Waals surface area contributed by atoms with Gasteiger partial charge in [-0.05, 0) is 25.7 Å². The highest BCUT2D eigenvalue weighted by Gasteiger charge is 2.35. The van der Waals surface area contributed by atoms with Gasteiger partial charge >= 0.3 is 5.97 Å². The molecule has 1 saturated carbocycles. The second kappa shape index (κ2) is 4.28. The van der Waals surface area contributed by atoms with Gasteiger partial charge in [0.1, 0.15) is 11.1 Å². The van der Waals surface area contributed by atoms with Crippen molar-refractivity contribution in [3.63, 3.8) is 0 Å². The van der Waals surface area contributed by atoms with E-state index < -0.39 is 5.97 Å². The monoisotopic (exact) mass is 227 g/mol. The van der Waals surface area contributed by atoms with Crippen molar-refractivity contribution in [1.29, 1.82) is 0 Å². The van der Waals surface area contributed by atoms with Crippen molar-refractivity contribution in [1.82, 2.24) is 4.98 Å². The van der Waals surface area contributed by atoms with Gasteiger partial charge in [0.25, 0.3) is 0 Å². The first kappa shape index (κ1) is 10.6. The Kier molecular flexibility index (Phi) is 3.02. The number of rotatable bonds is 5. The maximum atomic E-state index is 10.7. The van der Waals surface area contributed by atoms with Crippen molar-refractivity contribution in [2.45, 2.75) is 25.9 Å². The van der Waals surface area contributed by atoms with E-state index in [0.717, 1.165) is 17.8 Å². The summed E-state index contributed by atoms with van der Waals surface area (Å²) in [7, 11) is 0. The molecular weight excluding hydrogens is 214 g/mol. The van der Waals surface area contributed by atoms with E-state index in [4.69, 9.17) is 9.84 Å². The zero-order valence-corrected chi connectivity index (χ0v) is 9.29. The summed E-state index contributed by atoms with van der Waals surface area (Å²) in [5.74, 6) is -0.429. The Labute approximate surface area is 91.9 Å². The summed E-state index contributed by atoms with van der Waals surface area (Å²) in [6.45, 7) is 2.59. The van der Waals surface area contributed by atoms with E-state index in [1.807, 2.05) is 6.92 Å². The number of nitrogens with zero attached hydrogens (tertiary/aromatic N) is 1. The summed E-state index contributed by atoms with van der Waals surface area (Å²) in [6, 6.07) is 0. The molecule has 82 valence electrons. The number of aromatic carboxylic acids is 1. The quantitative estimate of drug-likeness (QED) is 0.838. The van der Waals surface area contributed by atoms with Crippen LogP contribution in [0.4, 0.5) is 0 Å².